The van der Waals surface area contributed by atoms with Crippen molar-refractivity contribution >= 4 is 50.7 Å². The van der Waals surface area contributed by atoms with Gasteiger partial charge in [0.15, 0.2) is 0 Å². The predicted octanol–water partition coefficient (Wildman–Crippen LogP) is 4.18. The molecule has 0 aliphatic rings. The fourth-order valence-corrected chi connectivity index (χ4v) is 4.27. The number of carbonyl (C=O) groups is 2. The minimum atomic E-state index is -1.20. The number of thiophene rings is 1. The summed E-state index contributed by atoms with van der Waals surface area (Å²) in [6.45, 7) is 4.32. The Morgan fingerprint density at radius 2 is 2.10 bits per heavy atom. The zero-order chi connectivity index (χ0) is 22.0. The van der Waals surface area contributed by atoms with E-state index in [0.29, 0.717) is 27.2 Å². The van der Waals surface area contributed by atoms with Crippen molar-refractivity contribution in [3.63, 3.8) is 0 Å². The number of benzene rings is 1. The molecule has 158 valence electrons. The van der Waals surface area contributed by atoms with Crippen LogP contribution in [0.1, 0.15) is 45.4 Å². The monoisotopic (exact) mass is 449 g/mol. The molecule has 0 aliphatic heterocycles. The van der Waals surface area contributed by atoms with Crippen LogP contribution in [-0.4, -0.2) is 33.6 Å². The molecule has 0 bridgehead atoms. The molecule has 0 unspecified atom stereocenters. The van der Waals surface area contributed by atoms with Gasteiger partial charge in [-0.05, 0) is 25.0 Å². The van der Waals surface area contributed by atoms with Crippen LogP contribution >= 0.6 is 22.9 Å². The molecule has 0 aliphatic carbocycles. The number of aryl methyl sites for hydroxylation is 2. The van der Waals surface area contributed by atoms with Gasteiger partial charge < -0.3 is 15.2 Å². The zero-order valence-corrected chi connectivity index (χ0v) is 18.2. The number of carboxylic acids is 1. The second kappa shape index (κ2) is 8.85. The van der Waals surface area contributed by atoms with Gasteiger partial charge in [0.2, 0.25) is 0 Å². The van der Waals surface area contributed by atoms with Gasteiger partial charge in [-0.15, -0.1) is 11.3 Å². The van der Waals surface area contributed by atoms with Crippen LogP contribution in [0.2, 0.25) is 5.02 Å². The molecule has 0 spiro atoms. The SMILES string of the molecule is CCCCn1cnc2sc(C(=O)Nc3cc(OC)c(C(=O)O)cc3Cl)c(C)c2c1=O. The standard InChI is InChI=1S/C20H20ClN3O5S/c1-4-5-6-24-9-22-18-15(19(24)26)10(2)16(30-18)17(25)23-13-8-14(29-3)11(20(27)28)7-12(13)21/h7-9H,4-6H2,1-3H3,(H,23,25)(H,27,28). The number of hydrogen-bond donors (Lipinski definition) is 2. The smallest absolute Gasteiger partial charge is 0.339 e. The fraction of sp³-hybridized carbons (Fsp3) is 0.300. The molecule has 3 aromatic rings. The lowest BCUT2D eigenvalue weighted by Gasteiger charge is -2.11. The molecular weight excluding hydrogens is 430 g/mol. The van der Waals surface area contributed by atoms with Gasteiger partial charge >= 0.3 is 5.97 Å². The molecule has 2 N–H and O–H groups in total. The highest BCUT2D eigenvalue weighted by atomic mass is 35.5. The number of carbonyl (C=O) groups excluding carboxylic acids is 1. The van der Waals surface area contributed by atoms with Gasteiger partial charge in [-0.25, -0.2) is 9.78 Å². The number of methoxy groups -OCH3 is 1. The number of hydrogen-bond acceptors (Lipinski definition) is 6. The molecule has 3 rings (SSSR count). The highest BCUT2D eigenvalue weighted by molar-refractivity contribution is 7.20. The van der Waals surface area contributed by atoms with Crippen molar-refractivity contribution in [1.29, 1.82) is 0 Å². The number of halogens is 1. The highest BCUT2D eigenvalue weighted by Gasteiger charge is 2.22. The first-order valence-corrected chi connectivity index (χ1v) is 10.4. The van der Waals surface area contributed by atoms with Crippen LogP contribution in [0, 0.1) is 6.92 Å². The maximum atomic E-state index is 12.9. The maximum Gasteiger partial charge on any atom is 0.339 e. The third-order valence-electron chi connectivity index (χ3n) is 4.64. The first kappa shape index (κ1) is 21.8. The summed E-state index contributed by atoms with van der Waals surface area (Å²) in [5.41, 5.74) is 0.455. The first-order chi connectivity index (χ1) is 14.3. The molecule has 0 atom stereocenters. The third-order valence-corrected chi connectivity index (χ3v) is 6.16. The number of anilines is 1. The number of amides is 1. The number of rotatable bonds is 7. The molecule has 0 saturated carbocycles. The van der Waals surface area contributed by atoms with E-state index in [-0.39, 0.29) is 27.6 Å². The lowest BCUT2D eigenvalue weighted by atomic mass is 10.1. The van der Waals surface area contributed by atoms with Gasteiger partial charge in [0.25, 0.3) is 11.5 Å². The van der Waals surface area contributed by atoms with E-state index in [0.717, 1.165) is 24.2 Å². The van der Waals surface area contributed by atoms with E-state index in [4.69, 9.17) is 16.3 Å². The van der Waals surface area contributed by atoms with Gasteiger partial charge in [0.05, 0.1) is 34.4 Å². The first-order valence-electron chi connectivity index (χ1n) is 9.19. The van der Waals surface area contributed by atoms with Crippen LogP contribution in [0.3, 0.4) is 0 Å². The van der Waals surface area contributed by atoms with Crippen LogP contribution in [0.25, 0.3) is 10.2 Å². The number of fused-ring (bicyclic) bond motifs is 1. The van der Waals surface area contributed by atoms with E-state index < -0.39 is 11.9 Å². The molecule has 10 heteroatoms. The van der Waals surface area contributed by atoms with Gasteiger partial charge in [0.1, 0.15) is 16.1 Å². The number of aromatic nitrogens is 2. The quantitative estimate of drug-likeness (QED) is 0.559. The van der Waals surface area contributed by atoms with E-state index in [2.05, 4.69) is 10.3 Å². The van der Waals surface area contributed by atoms with E-state index in [9.17, 15) is 19.5 Å². The van der Waals surface area contributed by atoms with Crippen LogP contribution in [0.5, 0.6) is 5.75 Å². The molecule has 2 aromatic heterocycles. The molecule has 1 amide bonds. The van der Waals surface area contributed by atoms with Crippen molar-refractivity contribution in [2.24, 2.45) is 0 Å². The Morgan fingerprint density at radius 1 is 1.37 bits per heavy atom. The largest absolute Gasteiger partial charge is 0.496 e. The number of aromatic carboxylic acids is 1. The number of carboxylic acid groups (broad SMARTS) is 1. The number of unbranched alkanes of at least 4 members (excludes halogenated alkanes) is 1. The van der Waals surface area contributed by atoms with Crippen LogP contribution in [0.15, 0.2) is 23.3 Å². The van der Waals surface area contributed by atoms with Gasteiger partial charge in [-0.1, -0.05) is 24.9 Å². The average molecular weight is 450 g/mol. The fourth-order valence-electron chi connectivity index (χ4n) is 3.03. The summed E-state index contributed by atoms with van der Waals surface area (Å²) in [4.78, 5) is 42.1. The average Bonchev–Trinajstić information content (AvgIpc) is 3.05. The van der Waals surface area contributed by atoms with Crippen molar-refractivity contribution in [1.82, 2.24) is 9.55 Å². The molecule has 8 nitrogen and oxygen atoms in total. The van der Waals surface area contributed by atoms with Crippen molar-refractivity contribution in [2.75, 3.05) is 12.4 Å². The van der Waals surface area contributed by atoms with E-state index in [1.165, 1.54) is 25.6 Å². The predicted molar refractivity (Wildman–Crippen MR) is 116 cm³/mol. The van der Waals surface area contributed by atoms with Crippen LogP contribution < -0.4 is 15.6 Å². The Labute approximate surface area is 181 Å². The normalized spacial score (nSPS) is 10.9. The Balaban J connectivity index is 1.98. The van der Waals surface area contributed by atoms with Gasteiger partial charge in [-0.3, -0.25) is 14.2 Å². The van der Waals surface area contributed by atoms with E-state index in [1.54, 1.807) is 11.5 Å². The second-order valence-electron chi connectivity index (χ2n) is 6.62. The number of nitrogens with one attached hydrogen (secondary N) is 1. The summed E-state index contributed by atoms with van der Waals surface area (Å²) in [6, 6.07) is 2.56. The minimum Gasteiger partial charge on any atom is -0.496 e. The van der Waals surface area contributed by atoms with E-state index in [1.807, 2.05) is 6.92 Å². The summed E-state index contributed by atoms with van der Waals surface area (Å²) in [5.74, 6) is -1.60. The summed E-state index contributed by atoms with van der Waals surface area (Å²) >= 11 is 7.27. The topological polar surface area (TPSA) is 111 Å². The summed E-state index contributed by atoms with van der Waals surface area (Å²) in [5, 5.41) is 12.4. The summed E-state index contributed by atoms with van der Waals surface area (Å²) in [7, 11) is 1.33. The highest BCUT2D eigenvalue weighted by Crippen LogP contribution is 2.33. The van der Waals surface area contributed by atoms with Gasteiger partial charge in [0, 0.05) is 12.6 Å². The number of ether oxygens (including phenoxy) is 1. The van der Waals surface area contributed by atoms with Crippen molar-refractivity contribution < 1.29 is 19.4 Å². The molecule has 0 fully saturated rings. The van der Waals surface area contributed by atoms with Crippen molar-refractivity contribution in [3.05, 3.63) is 49.8 Å². The van der Waals surface area contributed by atoms with Crippen LogP contribution in [-0.2, 0) is 6.54 Å². The lowest BCUT2D eigenvalue weighted by Crippen LogP contribution is -2.20. The second-order valence-corrected chi connectivity index (χ2v) is 8.03. The lowest BCUT2D eigenvalue weighted by molar-refractivity contribution is 0.0693. The van der Waals surface area contributed by atoms with E-state index >= 15 is 0 Å². The Kier molecular flexibility index (Phi) is 6.42. The maximum absolute atomic E-state index is 12.9. The zero-order valence-electron chi connectivity index (χ0n) is 16.6. The molecule has 0 saturated heterocycles. The summed E-state index contributed by atoms with van der Waals surface area (Å²) in [6.07, 6.45) is 3.31. The molecule has 0 radical (unpaired) electrons. The molecule has 30 heavy (non-hydrogen) atoms. The molecule has 2 heterocycles. The van der Waals surface area contributed by atoms with Crippen molar-refractivity contribution in [3.8, 4) is 5.75 Å². The molecule has 1 aromatic carbocycles. The Morgan fingerprint density at radius 3 is 2.73 bits per heavy atom. The van der Waals surface area contributed by atoms with Crippen molar-refractivity contribution in [2.45, 2.75) is 33.2 Å². The van der Waals surface area contributed by atoms with Gasteiger partial charge in [-0.2, -0.15) is 0 Å². The molecular formula is C20H20ClN3O5S. The Hall–Kier alpha value is -2.91. The van der Waals surface area contributed by atoms with Crippen LogP contribution in [0.4, 0.5) is 5.69 Å². The number of nitrogens with zero attached hydrogens (tertiary/aromatic N) is 2. The third kappa shape index (κ3) is 4.03. The minimum absolute atomic E-state index is 0.0559. The Bertz CT molecular complexity index is 1200. The summed E-state index contributed by atoms with van der Waals surface area (Å²) < 4.78 is 6.64.